The van der Waals surface area contributed by atoms with Crippen LogP contribution < -0.4 is 10.1 Å². The van der Waals surface area contributed by atoms with Gasteiger partial charge in [-0.3, -0.25) is 4.90 Å². The van der Waals surface area contributed by atoms with Gasteiger partial charge in [-0.1, -0.05) is 35.9 Å². The van der Waals surface area contributed by atoms with Gasteiger partial charge < -0.3 is 15.0 Å². The van der Waals surface area contributed by atoms with Gasteiger partial charge in [0, 0.05) is 38.4 Å². The van der Waals surface area contributed by atoms with Crippen molar-refractivity contribution in [1.29, 1.82) is 0 Å². The number of carbonyl (C=O) groups is 1. The fourth-order valence-corrected chi connectivity index (χ4v) is 2.83. The van der Waals surface area contributed by atoms with Gasteiger partial charge in [0.15, 0.2) is 0 Å². The molecule has 0 atom stereocenters. The first kappa shape index (κ1) is 17.3. The van der Waals surface area contributed by atoms with Crippen LogP contribution >= 0.6 is 0 Å². The van der Waals surface area contributed by atoms with Gasteiger partial charge in [0.25, 0.3) is 0 Å². The molecule has 1 aliphatic heterocycles. The van der Waals surface area contributed by atoms with Crippen LogP contribution in [0.15, 0.2) is 54.6 Å². The van der Waals surface area contributed by atoms with Crippen LogP contribution in [-0.4, -0.2) is 55.2 Å². The molecule has 0 unspecified atom stereocenters. The molecule has 0 radical (unpaired) electrons. The van der Waals surface area contributed by atoms with Crippen molar-refractivity contribution in [3.05, 3.63) is 60.2 Å². The van der Waals surface area contributed by atoms with E-state index >= 15 is 0 Å². The number of ether oxygens (including phenoxy) is 1. The molecule has 0 aromatic heterocycles. The fraction of sp³-hybridized carbons (Fsp3) is 0.350. The third-order valence-corrected chi connectivity index (χ3v) is 4.38. The first-order valence-electron chi connectivity index (χ1n) is 8.73. The first-order valence-corrected chi connectivity index (χ1v) is 8.73. The zero-order chi connectivity index (χ0) is 17.5. The normalized spacial score (nSPS) is 15.0. The Morgan fingerprint density at radius 1 is 1.00 bits per heavy atom. The average molecular weight is 339 g/mol. The Bertz CT molecular complexity index is 665. The van der Waals surface area contributed by atoms with E-state index in [0.717, 1.165) is 44.2 Å². The molecule has 5 heteroatoms. The van der Waals surface area contributed by atoms with Gasteiger partial charge in [-0.25, -0.2) is 4.79 Å². The van der Waals surface area contributed by atoms with Gasteiger partial charge in [-0.05, 0) is 31.2 Å². The standard InChI is InChI=1S/C20H25N3O2/c1-17-7-9-19(10-8-17)25-16-15-22-11-13-23(14-12-22)20(24)21-18-5-3-2-4-6-18/h2-10H,11-16H2,1H3,(H,21,24). The van der Waals surface area contributed by atoms with E-state index in [0.29, 0.717) is 6.61 Å². The summed E-state index contributed by atoms with van der Waals surface area (Å²) >= 11 is 0. The van der Waals surface area contributed by atoms with Gasteiger partial charge in [0.2, 0.25) is 0 Å². The lowest BCUT2D eigenvalue weighted by atomic mass is 10.2. The molecule has 132 valence electrons. The molecule has 25 heavy (non-hydrogen) atoms. The lowest BCUT2D eigenvalue weighted by molar-refractivity contribution is 0.132. The number of benzene rings is 2. The lowest BCUT2D eigenvalue weighted by Crippen LogP contribution is -2.50. The van der Waals surface area contributed by atoms with Crippen LogP contribution in [-0.2, 0) is 0 Å². The SMILES string of the molecule is Cc1ccc(OCCN2CCN(C(=O)Nc3ccccc3)CC2)cc1. The van der Waals surface area contributed by atoms with Crippen LogP contribution in [0.5, 0.6) is 5.75 Å². The van der Waals surface area contributed by atoms with Gasteiger partial charge in [0.1, 0.15) is 12.4 Å². The monoisotopic (exact) mass is 339 g/mol. The average Bonchev–Trinajstić information content (AvgIpc) is 2.65. The maximum absolute atomic E-state index is 12.3. The molecule has 0 spiro atoms. The quantitative estimate of drug-likeness (QED) is 0.910. The zero-order valence-corrected chi connectivity index (χ0v) is 14.6. The number of hydrogen-bond donors (Lipinski definition) is 1. The van der Waals surface area contributed by atoms with Crippen molar-refractivity contribution in [2.45, 2.75) is 6.92 Å². The molecule has 2 aromatic rings. The number of anilines is 1. The topological polar surface area (TPSA) is 44.8 Å². The van der Waals surface area contributed by atoms with Crippen molar-refractivity contribution in [2.75, 3.05) is 44.6 Å². The second-order valence-electron chi connectivity index (χ2n) is 6.29. The highest BCUT2D eigenvalue weighted by Crippen LogP contribution is 2.12. The van der Waals surface area contributed by atoms with E-state index in [1.807, 2.05) is 47.4 Å². The summed E-state index contributed by atoms with van der Waals surface area (Å²) in [6, 6.07) is 17.7. The summed E-state index contributed by atoms with van der Waals surface area (Å²) in [4.78, 5) is 16.5. The van der Waals surface area contributed by atoms with Gasteiger partial charge >= 0.3 is 6.03 Å². The van der Waals surface area contributed by atoms with Crippen molar-refractivity contribution >= 4 is 11.7 Å². The maximum atomic E-state index is 12.3. The number of aryl methyl sites for hydroxylation is 1. The molecular weight excluding hydrogens is 314 g/mol. The first-order chi connectivity index (χ1) is 12.2. The van der Waals surface area contributed by atoms with Crippen LogP contribution in [0.1, 0.15) is 5.56 Å². The van der Waals surface area contributed by atoms with Crippen LogP contribution in [0.4, 0.5) is 10.5 Å². The molecule has 1 saturated heterocycles. The predicted octanol–water partition coefficient (Wildman–Crippen LogP) is 3.22. The summed E-state index contributed by atoms with van der Waals surface area (Å²) in [5.74, 6) is 0.909. The highest BCUT2D eigenvalue weighted by Gasteiger charge is 2.20. The van der Waals surface area contributed by atoms with E-state index in [1.165, 1.54) is 5.56 Å². The fourth-order valence-electron chi connectivity index (χ4n) is 2.83. The number of urea groups is 1. The highest BCUT2D eigenvalue weighted by molar-refractivity contribution is 5.89. The van der Waals surface area contributed by atoms with Crippen molar-refractivity contribution < 1.29 is 9.53 Å². The molecule has 1 heterocycles. The minimum Gasteiger partial charge on any atom is -0.492 e. The Morgan fingerprint density at radius 3 is 2.36 bits per heavy atom. The zero-order valence-electron chi connectivity index (χ0n) is 14.6. The van der Waals surface area contributed by atoms with Crippen molar-refractivity contribution in [3.63, 3.8) is 0 Å². The highest BCUT2D eigenvalue weighted by atomic mass is 16.5. The molecule has 0 saturated carbocycles. The van der Waals surface area contributed by atoms with Crippen molar-refractivity contribution in [3.8, 4) is 5.75 Å². The minimum absolute atomic E-state index is 0.0262. The van der Waals surface area contributed by atoms with Crippen LogP contribution in [0.3, 0.4) is 0 Å². The van der Waals surface area contributed by atoms with E-state index in [-0.39, 0.29) is 6.03 Å². The van der Waals surface area contributed by atoms with E-state index in [1.54, 1.807) is 0 Å². The molecule has 1 aliphatic rings. The van der Waals surface area contributed by atoms with Crippen LogP contribution in [0.25, 0.3) is 0 Å². The van der Waals surface area contributed by atoms with Crippen LogP contribution in [0, 0.1) is 6.92 Å². The van der Waals surface area contributed by atoms with Crippen molar-refractivity contribution in [2.24, 2.45) is 0 Å². The summed E-state index contributed by atoms with van der Waals surface area (Å²) < 4.78 is 5.78. The Morgan fingerprint density at radius 2 is 1.68 bits per heavy atom. The van der Waals surface area contributed by atoms with E-state index < -0.39 is 0 Å². The Balaban J connectivity index is 1.37. The van der Waals surface area contributed by atoms with E-state index in [4.69, 9.17) is 4.74 Å². The number of nitrogens with one attached hydrogen (secondary N) is 1. The third-order valence-electron chi connectivity index (χ3n) is 4.38. The Kier molecular flexibility index (Phi) is 5.90. The molecule has 2 amide bonds. The predicted molar refractivity (Wildman–Crippen MR) is 100 cm³/mol. The number of amides is 2. The summed E-state index contributed by atoms with van der Waals surface area (Å²) in [6.07, 6.45) is 0. The van der Waals surface area contributed by atoms with Gasteiger partial charge in [-0.15, -0.1) is 0 Å². The summed E-state index contributed by atoms with van der Waals surface area (Å²) in [5.41, 5.74) is 2.07. The molecular formula is C20H25N3O2. The summed E-state index contributed by atoms with van der Waals surface area (Å²) in [5, 5.41) is 2.94. The Labute approximate surface area is 149 Å². The second kappa shape index (κ2) is 8.53. The van der Waals surface area contributed by atoms with E-state index in [2.05, 4.69) is 29.3 Å². The number of carbonyl (C=O) groups excluding carboxylic acids is 1. The smallest absolute Gasteiger partial charge is 0.321 e. The largest absolute Gasteiger partial charge is 0.492 e. The van der Waals surface area contributed by atoms with E-state index in [9.17, 15) is 4.79 Å². The Hall–Kier alpha value is -2.53. The number of hydrogen-bond acceptors (Lipinski definition) is 3. The second-order valence-corrected chi connectivity index (χ2v) is 6.29. The molecule has 1 fully saturated rings. The number of nitrogens with zero attached hydrogens (tertiary/aromatic N) is 2. The summed E-state index contributed by atoms with van der Waals surface area (Å²) in [7, 11) is 0. The molecule has 5 nitrogen and oxygen atoms in total. The third kappa shape index (κ3) is 5.22. The minimum atomic E-state index is -0.0262. The molecule has 1 N–H and O–H groups in total. The number of rotatable bonds is 5. The van der Waals surface area contributed by atoms with Gasteiger partial charge in [0.05, 0.1) is 0 Å². The van der Waals surface area contributed by atoms with Crippen LogP contribution in [0.2, 0.25) is 0 Å². The molecule has 0 aliphatic carbocycles. The maximum Gasteiger partial charge on any atom is 0.321 e. The van der Waals surface area contributed by atoms with Gasteiger partial charge in [-0.2, -0.15) is 0 Å². The summed E-state index contributed by atoms with van der Waals surface area (Å²) in [6.45, 7) is 6.84. The molecule has 2 aromatic carbocycles. The molecule has 3 rings (SSSR count). The van der Waals surface area contributed by atoms with Crippen molar-refractivity contribution in [1.82, 2.24) is 9.80 Å². The molecule has 0 bridgehead atoms. The lowest BCUT2D eigenvalue weighted by Gasteiger charge is -2.34. The number of piperazine rings is 1. The number of para-hydroxylation sites is 1.